The maximum Gasteiger partial charge on any atom is 0.339 e. The van der Waals surface area contributed by atoms with E-state index >= 15 is 0 Å². The molecule has 0 unspecified atom stereocenters. The van der Waals surface area contributed by atoms with Gasteiger partial charge in [0.25, 0.3) is 0 Å². The smallest absolute Gasteiger partial charge is 0.339 e. The van der Waals surface area contributed by atoms with Gasteiger partial charge in [-0.2, -0.15) is 0 Å². The molecule has 4 aliphatic rings. The van der Waals surface area contributed by atoms with Crippen LogP contribution in [0.3, 0.4) is 0 Å². The number of methoxy groups -OCH3 is 1. The van der Waals surface area contributed by atoms with E-state index in [1.807, 2.05) is 12.1 Å². The average Bonchev–Trinajstić information content (AvgIpc) is 3.16. The Hall–Kier alpha value is -3.35. The molecule has 4 atom stereocenters. The molecule has 0 radical (unpaired) electrons. The lowest BCUT2D eigenvalue weighted by Gasteiger charge is -2.61. The summed E-state index contributed by atoms with van der Waals surface area (Å²) in [4.78, 5) is 38.4. The number of rotatable bonds is 4. The van der Waals surface area contributed by atoms with Crippen LogP contribution in [0.15, 0.2) is 36.4 Å². The largest absolute Gasteiger partial charge is 0.493 e. The molecule has 0 aromatic heterocycles. The number of aromatic carboxylic acids is 1. The lowest BCUT2D eigenvalue weighted by Crippen LogP contribution is -2.71. The second-order valence-electron chi connectivity index (χ2n) is 9.49. The highest BCUT2D eigenvalue weighted by atomic mass is 16.6. The third kappa shape index (κ3) is 2.42. The van der Waals surface area contributed by atoms with E-state index in [9.17, 15) is 19.5 Å². The monoisotopic (exact) mass is 448 g/mol. The molecule has 1 aliphatic heterocycles. The van der Waals surface area contributed by atoms with E-state index in [2.05, 4.69) is 0 Å². The van der Waals surface area contributed by atoms with Crippen molar-refractivity contribution in [1.29, 1.82) is 0 Å². The average molecular weight is 448 g/mol. The fourth-order valence-electron chi connectivity index (χ4n) is 7.05. The number of Topliss-reactive ketones (excluding diaryl/α,β-unsaturated/α-hetero) is 1. The van der Waals surface area contributed by atoms with Gasteiger partial charge in [-0.05, 0) is 49.4 Å². The zero-order valence-corrected chi connectivity index (χ0v) is 18.3. The topological polar surface area (TPSA) is 99.1 Å². The third-order valence-electron chi connectivity index (χ3n) is 8.25. The van der Waals surface area contributed by atoms with Crippen molar-refractivity contribution in [1.82, 2.24) is 0 Å². The molecule has 1 heterocycles. The number of carbonyl (C=O) groups excluding carboxylic acids is 2. The number of hydrogen-bond donors (Lipinski definition) is 1. The fourth-order valence-corrected chi connectivity index (χ4v) is 7.05. The van der Waals surface area contributed by atoms with Gasteiger partial charge in [-0.25, -0.2) is 9.59 Å². The molecule has 2 bridgehead atoms. The van der Waals surface area contributed by atoms with Gasteiger partial charge in [0.2, 0.25) is 0 Å². The minimum absolute atomic E-state index is 0.0133. The summed E-state index contributed by atoms with van der Waals surface area (Å²) < 4.78 is 18.3. The van der Waals surface area contributed by atoms with E-state index in [-0.39, 0.29) is 29.2 Å². The Balaban J connectivity index is 1.54. The molecule has 0 amide bonds. The van der Waals surface area contributed by atoms with Crippen molar-refractivity contribution in [3.63, 3.8) is 0 Å². The van der Waals surface area contributed by atoms with Crippen LogP contribution in [0, 0.1) is 5.92 Å². The van der Waals surface area contributed by atoms with Crippen molar-refractivity contribution in [2.75, 3.05) is 7.11 Å². The number of ether oxygens (including phenoxy) is 3. The molecule has 2 saturated carbocycles. The highest BCUT2D eigenvalue weighted by Gasteiger charge is 2.74. The van der Waals surface area contributed by atoms with Crippen LogP contribution in [-0.2, 0) is 21.4 Å². The summed E-state index contributed by atoms with van der Waals surface area (Å²) in [5.74, 6) is -0.641. The number of esters is 1. The summed E-state index contributed by atoms with van der Waals surface area (Å²) in [7, 11) is 1.58. The Morgan fingerprint density at radius 1 is 1.12 bits per heavy atom. The molecule has 1 N–H and O–H groups in total. The van der Waals surface area contributed by atoms with Crippen molar-refractivity contribution in [3.8, 4) is 11.5 Å². The zero-order valence-electron chi connectivity index (χ0n) is 18.3. The number of benzene rings is 2. The SMILES string of the molecule is COc1ccc2c3c1O[C@@H]1C(=O)CC[C@]4(OC(=O)c5ccccc5C(=O)O)[C@@H](CCC[C@@]314)C2. The predicted molar refractivity (Wildman–Crippen MR) is 116 cm³/mol. The molecule has 1 spiro atoms. The van der Waals surface area contributed by atoms with E-state index < -0.39 is 29.1 Å². The summed E-state index contributed by atoms with van der Waals surface area (Å²) >= 11 is 0. The lowest BCUT2D eigenvalue weighted by molar-refractivity contribution is -0.179. The van der Waals surface area contributed by atoms with Gasteiger partial charge in [-0.15, -0.1) is 0 Å². The summed E-state index contributed by atoms with van der Waals surface area (Å²) in [6.07, 6.45) is 3.08. The summed E-state index contributed by atoms with van der Waals surface area (Å²) in [5.41, 5.74) is 0.276. The van der Waals surface area contributed by atoms with Crippen LogP contribution in [0.4, 0.5) is 0 Å². The molecule has 170 valence electrons. The lowest BCUT2D eigenvalue weighted by atomic mass is 9.45. The van der Waals surface area contributed by atoms with E-state index in [0.29, 0.717) is 30.8 Å². The Bertz CT molecular complexity index is 1220. The molecule has 7 nitrogen and oxygen atoms in total. The van der Waals surface area contributed by atoms with E-state index in [4.69, 9.17) is 14.2 Å². The molecular weight excluding hydrogens is 424 g/mol. The maximum absolute atomic E-state index is 13.5. The maximum atomic E-state index is 13.5. The fraction of sp³-hybridized carbons (Fsp3) is 0.423. The van der Waals surface area contributed by atoms with E-state index in [1.54, 1.807) is 19.2 Å². The van der Waals surface area contributed by atoms with Gasteiger partial charge in [0, 0.05) is 17.9 Å². The molecule has 6 rings (SSSR count). The minimum Gasteiger partial charge on any atom is -0.493 e. The highest BCUT2D eigenvalue weighted by Crippen LogP contribution is 2.68. The molecule has 2 fully saturated rings. The normalized spacial score (nSPS) is 30.8. The first-order valence-electron chi connectivity index (χ1n) is 11.4. The van der Waals surface area contributed by atoms with Crippen molar-refractivity contribution < 1.29 is 33.7 Å². The van der Waals surface area contributed by atoms with Crippen LogP contribution in [0.2, 0.25) is 0 Å². The highest BCUT2D eigenvalue weighted by molar-refractivity contribution is 6.02. The van der Waals surface area contributed by atoms with Crippen LogP contribution >= 0.6 is 0 Å². The summed E-state index contributed by atoms with van der Waals surface area (Å²) in [5, 5.41) is 9.60. The molecule has 2 aromatic carbocycles. The van der Waals surface area contributed by atoms with Gasteiger partial charge in [0.1, 0.15) is 5.60 Å². The third-order valence-corrected chi connectivity index (χ3v) is 8.25. The number of hydrogen-bond acceptors (Lipinski definition) is 6. The van der Waals surface area contributed by atoms with Gasteiger partial charge in [0.15, 0.2) is 23.4 Å². The molecule has 33 heavy (non-hydrogen) atoms. The van der Waals surface area contributed by atoms with E-state index in [0.717, 1.165) is 24.0 Å². The van der Waals surface area contributed by atoms with Gasteiger partial charge >= 0.3 is 11.9 Å². The van der Waals surface area contributed by atoms with Crippen LogP contribution in [0.5, 0.6) is 11.5 Å². The Morgan fingerprint density at radius 3 is 2.67 bits per heavy atom. The van der Waals surface area contributed by atoms with Crippen LogP contribution < -0.4 is 9.47 Å². The first-order valence-corrected chi connectivity index (χ1v) is 11.4. The summed E-state index contributed by atoms with van der Waals surface area (Å²) in [6.45, 7) is 0. The minimum atomic E-state index is -1.18. The second kappa shape index (κ2) is 6.83. The van der Waals surface area contributed by atoms with Crippen LogP contribution in [-0.4, -0.2) is 41.6 Å². The molecule has 7 heteroatoms. The van der Waals surface area contributed by atoms with Crippen LogP contribution in [0.25, 0.3) is 0 Å². The number of carboxylic acids is 1. The Labute approximate surface area is 190 Å². The Kier molecular flexibility index (Phi) is 4.19. The quantitative estimate of drug-likeness (QED) is 0.712. The summed E-state index contributed by atoms with van der Waals surface area (Å²) in [6, 6.07) is 10.0. The molecule has 0 saturated heterocycles. The first kappa shape index (κ1) is 20.3. The number of ketones is 1. The van der Waals surface area contributed by atoms with Gasteiger partial charge in [-0.3, -0.25) is 4.79 Å². The zero-order chi connectivity index (χ0) is 23.0. The van der Waals surface area contributed by atoms with Crippen molar-refractivity contribution in [2.45, 2.75) is 55.6 Å². The van der Waals surface area contributed by atoms with E-state index in [1.165, 1.54) is 12.1 Å². The number of carbonyl (C=O) groups is 3. The Morgan fingerprint density at radius 2 is 1.91 bits per heavy atom. The van der Waals surface area contributed by atoms with Crippen molar-refractivity contribution in [2.24, 2.45) is 5.92 Å². The number of carboxylic acid groups (broad SMARTS) is 1. The second-order valence-corrected chi connectivity index (χ2v) is 9.49. The molecule has 3 aliphatic carbocycles. The predicted octanol–water partition coefficient (Wildman–Crippen LogP) is 3.71. The molecule has 2 aromatic rings. The van der Waals surface area contributed by atoms with Crippen molar-refractivity contribution >= 4 is 17.7 Å². The van der Waals surface area contributed by atoms with Gasteiger partial charge in [0.05, 0.1) is 23.7 Å². The molecular formula is C26H24O7. The van der Waals surface area contributed by atoms with Gasteiger partial charge < -0.3 is 19.3 Å². The van der Waals surface area contributed by atoms with Crippen LogP contribution in [0.1, 0.15) is 63.9 Å². The first-order chi connectivity index (χ1) is 15.9. The standard InChI is InChI=1S/C26H24O7/c1-31-19-9-8-14-13-15-5-4-11-25-20(14)21(19)32-22(25)18(27)10-12-26(15,25)33-24(30)17-7-3-2-6-16(17)23(28)29/h2-3,6-9,15,22H,4-5,10-13H2,1H3,(H,28,29)/t15-,22+,25+,26-/m0/s1. The van der Waals surface area contributed by atoms with Crippen molar-refractivity contribution in [3.05, 3.63) is 58.7 Å². The van der Waals surface area contributed by atoms with Gasteiger partial charge in [-0.1, -0.05) is 24.6 Å².